The lowest BCUT2D eigenvalue weighted by Gasteiger charge is -2.31. The minimum atomic E-state index is -0.585. The molecule has 0 bridgehead atoms. The van der Waals surface area contributed by atoms with Crippen LogP contribution in [0.1, 0.15) is 44.8 Å². The van der Waals surface area contributed by atoms with Crippen molar-refractivity contribution in [1.82, 2.24) is 15.1 Å². The number of amides is 1. The predicted octanol–water partition coefficient (Wildman–Crippen LogP) is 3.32. The molecular weight excluding hydrogens is 398 g/mol. The average molecular weight is 423 g/mol. The molecule has 2 aromatic heterocycles. The van der Waals surface area contributed by atoms with Crippen molar-refractivity contribution in [2.45, 2.75) is 44.4 Å². The number of anilines is 1. The average Bonchev–Trinajstić information content (AvgIpc) is 2.76. The molecule has 0 spiro atoms. The molecule has 3 heterocycles. The third kappa shape index (κ3) is 3.75. The Kier molecular flexibility index (Phi) is 5.94. The second-order valence-electron chi connectivity index (χ2n) is 7.17. The van der Waals surface area contributed by atoms with Crippen LogP contribution in [0.15, 0.2) is 58.7 Å². The monoisotopic (exact) mass is 422 g/mol. The Morgan fingerprint density at radius 3 is 2.80 bits per heavy atom. The fourth-order valence-electron chi connectivity index (χ4n) is 3.73. The number of unbranched alkanes of at least 4 members (excludes halogenated alkanes) is 2. The lowest BCUT2D eigenvalue weighted by molar-refractivity contribution is -0.763. The summed E-state index contributed by atoms with van der Waals surface area (Å²) < 4.78 is 1.67. The zero-order valence-electron chi connectivity index (χ0n) is 17.0. The van der Waals surface area contributed by atoms with Crippen molar-refractivity contribution in [3.8, 4) is 11.3 Å². The van der Waals surface area contributed by atoms with E-state index < -0.39 is 6.17 Å². The molecule has 7 nitrogen and oxygen atoms in total. The number of para-hydroxylation sites is 1. The maximum Gasteiger partial charge on any atom is 0.325 e. The van der Waals surface area contributed by atoms with Gasteiger partial charge in [-0.05, 0) is 35.4 Å². The molecule has 1 amide bonds. The molecule has 1 atom stereocenters. The Balaban J connectivity index is 1.90. The van der Waals surface area contributed by atoms with Crippen LogP contribution < -0.4 is 15.1 Å². The van der Waals surface area contributed by atoms with E-state index >= 15 is 0 Å². The van der Waals surface area contributed by atoms with Crippen LogP contribution in [0.25, 0.3) is 11.3 Å². The molecule has 0 radical (unpaired) electrons. The first-order valence-electron chi connectivity index (χ1n) is 10.1. The molecule has 1 N–H and O–H groups in total. The van der Waals surface area contributed by atoms with Crippen molar-refractivity contribution in [3.05, 3.63) is 64.7 Å². The van der Waals surface area contributed by atoms with E-state index in [2.05, 4.69) is 16.9 Å². The summed E-state index contributed by atoms with van der Waals surface area (Å²) in [4.78, 5) is 34.7. The fraction of sp³-hybridized carbons (Fsp3) is 0.318. The predicted molar refractivity (Wildman–Crippen MR) is 116 cm³/mol. The van der Waals surface area contributed by atoms with Gasteiger partial charge < -0.3 is 0 Å². The number of fused-ring (bicyclic) bond motifs is 3. The Bertz CT molecular complexity index is 1120. The van der Waals surface area contributed by atoms with Gasteiger partial charge in [0.25, 0.3) is 6.17 Å². The largest absolute Gasteiger partial charge is 0.325 e. The van der Waals surface area contributed by atoms with E-state index in [1.807, 2.05) is 36.4 Å². The Labute approximate surface area is 179 Å². The van der Waals surface area contributed by atoms with E-state index in [9.17, 15) is 9.59 Å². The zero-order chi connectivity index (χ0) is 21.1. The molecule has 0 unspecified atom stereocenters. The molecule has 3 aromatic rings. The number of carbonyl (C=O) groups excluding carboxylic acids is 1. The molecular formula is C22H24N5O2S+. The summed E-state index contributed by atoms with van der Waals surface area (Å²) in [5.74, 6) is 0.745. The van der Waals surface area contributed by atoms with Gasteiger partial charge in [-0.3, -0.25) is 19.6 Å². The first-order chi connectivity index (χ1) is 14.6. The van der Waals surface area contributed by atoms with Gasteiger partial charge in [0.2, 0.25) is 11.1 Å². The number of nitrogens with one attached hydrogen (secondary N) is 1. The SMILES string of the molecule is CCCCCSc1n[n+]2c(c(=O)[nH]1)-c1ccccc1N(C(C)=O)[C@H]2c1cccnc1. The Morgan fingerprint density at radius 1 is 1.23 bits per heavy atom. The number of carbonyl (C=O) groups is 1. The van der Waals surface area contributed by atoms with Gasteiger partial charge in [0.15, 0.2) is 0 Å². The van der Waals surface area contributed by atoms with Crippen molar-refractivity contribution in [3.63, 3.8) is 0 Å². The number of hydrogen-bond donors (Lipinski definition) is 1. The van der Waals surface area contributed by atoms with E-state index in [4.69, 9.17) is 5.10 Å². The molecule has 0 saturated carbocycles. The van der Waals surface area contributed by atoms with Crippen molar-refractivity contribution in [2.24, 2.45) is 0 Å². The van der Waals surface area contributed by atoms with Crippen LogP contribution in [0, 0.1) is 0 Å². The van der Waals surface area contributed by atoms with E-state index in [-0.39, 0.29) is 11.5 Å². The minimum absolute atomic E-state index is 0.131. The van der Waals surface area contributed by atoms with E-state index in [0.717, 1.165) is 30.6 Å². The van der Waals surface area contributed by atoms with Crippen molar-refractivity contribution < 1.29 is 9.48 Å². The zero-order valence-corrected chi connectivity index (χ0v) is 17.9. The third-order valence-electron chi connectivity index (χ3n) is 5.07. The molecule has 30 heavy (non-hydrogen) atoms. The molecule has 8 heteroatoms. The van der Waals surface area contributed by atoms with Gasteiger partial charge in [0.05, 0.1) is 16.8 Å². The Morgan fingerprint density at radius 2 is 2.07 bits per heavy atom. The van der Waals surface area contributed by atoms with Crippen LogP contribution in [0.5, 0.6) is 0 Å². The number of aromatic nitrogens is 4. The van der Waals surface area contributed by atoms with Gasteiger partial charge in [-0.25, -0.2) is 4.90 Å². The number of hydrogen-bond acceptors (Lipinski definition) is 5. The van der Waals surface area contributed by atoms with Crippen LogP contribution in [0.2, 0.25) is 0 Å². The summed E-state index contributed by atoms with van der Waals surface area (Å²) in [5, 5.41) is 5.32. The van der Waals surface area contributed by atoms with Crippen molar-refractivity contribution >= 4 is 23.4 Å². The third-order valence-corrected chi connectivity index (χ3v) is 6.02. The summed E-state index contributed by atoms with van der Waals surface area (Å²) in [5.41, 5.74) is 2.38. The summed E-state index contributed by atoms with van der Waals surface area (Å²) >= 11 is 1.53. The van der Waals surface area contributed by atoms with E-state index in [1.54, 1.807) is 22.0 Å². The smallest absolute Gasteiger partial charge is 0.291 e. The van der Waals surface area contributed by atoms with Crippen molar-refractivity contribution in [2.75, 3.05) is 10.7 Å². The van der Waals surface area contributed by atoms with Crippen LogP contribution >= 0.6 is 11.8 Å². The molecule has 1 aliphatic heterocycles. The summed E-state index contributed by atoms with van der Waals surface area (Å²) in [6.07, 6.45) is 6.14. The van der Waals surface area contributed by atoms with E-state index in [0.29, 0.717) is 22.1 Å². The first kappa shape index (κ1) is 20.3. The second kappa shape index (κ2) is 8.79. The van der Waals surface area contributed by atoms with Gasteiger partial charge in [-0.1, -0.05) is 43.7 Å². The van der Waals surface area contributed by atoms with Crippen LogP contribution in [0.3, 0.4) is 0 Å². The number of pyridine rings is 1. The standard InChI is InChI=1S/C22H23N5O2S/c1-3-4-7-13-30-22-24-20(29)19-17-10-5-6-11-18(17)26(15(2)28)21(27(19)25-22)16-9-8-12-23-14-16/h5-6,8-12,14,21H,3-4,7,13H2,1-2H3/p+1/t21-/m1/s1. The molecule has 1 aliphatic rings. The fourth-order valence-corrected chi connectivity index (χ4v) is 4.58. The highest BCUT2D eigenvalue weighted by molar-refractivity contribution is 7.99. The topological polar surface area (TPSA) is 82.8 Å². The number of thioether (sulfide) groups is 1. The highest BCUT2D eigenvalue weighted by atomic mass is 32.2. The summed E-state index contributed by atoms with van der Waals surface area (Å²) in [6, 6.07) is 11.2. The normalized spacial score (nSPS) is 14.9. The van der Waals surface area contributed by atoms with Crippen LogP contribution in [0.4, 0.5) is 5.69 Å². The lowest BCUT2D eigenvalue weighted by Crippen LogP contribution is -2.60. The molecule has 0 fully saturated rings. The van der Waals surface area contributed by atoms with Gasteiger partial charge >= 0.3 is 11.3 Å². The number of rotatable bonds is 6. The maximum absolute atomic E-state index is 13.1. The highest BCUT2D eigenvalue weighted by Gasteiger charge is 2.44. The number of benzene rings is 1. The quantitative estimate of drug-likeness (QED) is 0.374. The van der Waals surface area contributed by atoms with Gasteiger partial charge in [-0.15, -0.1) is 0 Å². The minimum Gasteiger partial charge on any atom is -0.291 e. The summed E-state index contributed by atoms with van der Waals surface area (Å²) in [7, 11) is 0. The second-order valence-corrected chi connectivity index (χ2v) is 8.26. The number of H-pyrrole nitrogens is 1. The van der Waals surface area contributed by atoms with Crippen molar-refractivity contribution in [1.29, 1.82) is 0 Å². The Hall–Kier alpha value is -3.00. The number of nitrogens with zero attached hydrogens (tertiary/aromatic N) is 4. The molecule has 4 rings (SSSR count). The van der Waals surface area contributed by atoms with Gasteiger partial charge in [-0.2, -0.15) is 0 Å². The van der Waals surface area contributed by atoms with Crippen LogP contribution in [-0.2, 0) is 4.79 Å². The van der Waals surface area contributed by atoms with Gasteiger partial charge in [0.1, 0.15) is 0 Å². The van der Waals surface area contributed by atoms with Crippen LogP contribution in [-0.4, -0.2) is 26.7 Å². The molecule has 154 valence electrons. The maximum atomic E-state index is 13.1. The molecule has 0 saturated heterocycles. The number of aromatic amines is 1. The molecule has 1 aromatic carbocycles. The highest BCUT2D eigenvalue weighted by Crippen LogP contribution is 2.36. The summed E-state index contributed by atoms with van der Waals surface area (Å²) in [6.45, 7) is 3.69. The van der Waals surface area contributed by atoms with Gasteiger partial charge in [0, 0.05) is 30.2 Å². The lowest BCUT2D eigenvalue weighted by atomic mass is 10.0. The van der Waals surface area contributed by atoms with E-state index in [1.165, 1.54) is 18.7 Å². The first-order valence-corrected chi connectivity index (χ1v) is 11.1. The molecule has 0 aliphatic carbocycles.